The van der Waals surface area contributed by atoms with Gasteiger partial charge in [0.1, 0.15) is 0 Å². The maximum absolute atomic E-state index is 11.0. The molecule has 0 spiro atoms. The van der Waals surface area contributed by atoms with Crippen LogP contribution in [0.3, 0.4) is 0 Å². The Morgan fingerprint density at radius 1 is 0.826 bits per heavy atom. The van der Waals surface area contributed by atoms with Gasteiger partial charge in [0.15, 0.2) is 0 Å². The third-order valence-corrected chi connectivity index (χ3v) is 4.61. The van der Waals surface area contributed by atoms with Gasteiger partial charge in [-0.2, -0.15) is 0 Å². The third-order valence-electron chi connectivity index (χ3n) is 4.61. The van der Waals surface area contributed by atoms with Gasteiger partial charge in [0.2, 0.25) is 0 Å². The molecule has 23 heavy (non-hydrogen) atoms. The minimum atomic E-state index is -0.707. The highest BCUT2D eigenvalue weighted by atomic mass is 16.4. The van der Waals surface area contributed by atoms with E-state index in [4.69, 9.17) is 5.11 Å². The average molecular weight is 310 g/mol. The molecule has 0 amide bonds. The van der Waals surface area contributed by atoms with Gasteiger partial charge in [-0.15, -0.1) is 0 Å². The Morgan fingerprint density at radius 2 is 1.30 bits per heavy atom. The first kappa shape index (κ1) is 17.3. The van der Waals surface area contributed by atoms with Crippen LogP contribution in [0.25, 0.3) is 0 Å². The van der Waals surface area contributed by atoms with Gasteiger partial charge in [-0.1, -0.05) is 67.6 Å². The molecule has 0 aliphatic heterocycles. The maximum atomic E-state index is 11.0. The minimum absolute atomic E-state index is 0.238. The van der Waals surface area contributed by atoms with E-state index < -0.39 is 5.97 Å². The lowest BCUT2D eigenvalue weighted by Crippen LogP contribution is -2.06. The van der Waals surface area contributed by atoms with Crippen molar-refractivity contribution in [2.24, 2.45) is 0 Å². The van der Waals surface area contributed by atoms with E-state index >= 15 is 0 Å². The van der Waals surface area contributed by atoms with Crippen molar-refractivity contribution in [1.82, 2.24) is 0 Å². The molecule has 2 nitrogen and oxygen atoms in total. The summed E-state index contributed by atoms with van der Waals surface area (Å²) in [6.07, 6.45) is 4.20. The first-order valence-electron chi connectivity index (χ1n) is 8.52. The largest absolute Gasteiger partial charge is 0.481 e. The summed E-state index contributed by atoms with van der Waals surface area (Å²) < 4.78 is 0. The zero-order chi connectivity index (χ0) is 16.5. The summed E-state index contributed by atoms with van der Waals surface area (Å²) in [5, 5.41) is 9.01. The summed E-state index contributed by atoms with van der Waals surface area (Å²) >= 11 is 0. The molecule has 0 aromatic heterocycles. The molecule has 122 valence electrons. The quantitative estimate of drug-likeness (QED) is 0.653. The number of carbonyl (C=O) groups is 1. The number of carboxylic acids is 1. The highest BCUT2D eigenvalue weighted by Gasteiger charge is 2.16. The summed E-state index contributed by atoms with van der Waals surface area (Å²) in [5.41, 5.74) is 2.65. The van der Waals surface area contributed by atoms with Crippen LogP contribution in [0.5, 0.6) is 0 Å². The van der Waals surface area contributed by atoms with Crippen molar-refractivity contribution in [3.63, 3.8) is 0 Å². The fourth-order valence-corrected chi connectivity index (χ4v) is 3.23. The molecule has 0 bridgehead atoms. The van der Waals surface area contributed by atoms with Crippen LogP contribution < -0.4 is 0 Å². The van der Waals surface area contributed by atoms with Crippen molar-refractivity contribution in [3.8, 4) is 0 Å². The van der Waals surface area contributed by atoms with Crippen LogP contribution in [-0.2, 0) is 4.79 Å². The summed E-state index contributed by atoms with van der Waals surface area (Å²) in [4.78, 5) is 11.0. The molecule has 0 aliphatic rings. The molecule has 0 saturated heterocycles. The molecule has 0 saturated carbocycles. The topological polar surface area (TPSA) is 37.3 Å². The van der Waals surface area contributed by atoms with E-state index in [1.54, 1.807) is 0 Å². The molecule has 2 heteroatoms. The second-order valence-electron chi connectivity index (χ2n) is 6.13. The Hall–Kier alpha value is -2.09. The van der Waals surface area contributed by atoms with E-state index in [0.29, 0.717) is 18.3 Å². The molecule has 2 rings (SSSR count). The van der Waals surface area contributed by atoms with Gasteiger partial charge in [-0.25, -0.2) is 0 Å². The standard InChI is InChI=1S/C21H26O2/c1-2-17(18-9-5-3-6-10-18)13-14-20(15-16-21(22)23)19-11-7-4-8-12-19/h3-12,17,20H,2,13-16H2,1H3,(H,22,23). The highest BCUT2D eigenvalue weighted by Crippen LogP contribution is 2.32. The summed E-state index contributed by atoms with van der Waals surface area (Å²) in [5.74, 6) is 0.165. The van der Waals surface area contributed by atoms with Crippen molar-refractivity contribution in [3.05, 3.63) is 71.8 Å². The Bertz CT molecular complexity index is 577. The fraction of sp³-hybridized carbons (Fsp3) is 0.381. The maximum Gasteiger partial charge on any atom is 0.303 e. The molecule has 2 aromatic rings. The Kier molecular flexibility index (Phi) is 6.86. The molecule has 2 unspecified atom stereocenters. The SMILES string of the molecule is CCC(CCC(CCC(=O)O)c1ccccc1)c1ccccc1. The lowest BCUT2D eigenvalue weighted by atomic mass is 9.84. The van der Waals surface area contributed by atoms with Gasteiger partial charge in [0.25, 0.3) is 0 Å². The predicted molar refractivity (Wildman–Crippen MR) is 94.8 cm³/mol. The van der Waals surface area contributed by atoms with E-state index in [1.807, 2.05) is 18.2 Å². The average Bonchev–Trinajstić information content (AvgIpc) is 2.59. The molecular formula is C21H26O2. The number of aliphatic carboxylic acids is 1. The number of hydrogen-bond donors (Lipinski definition) is 1. The molecular weight excluding hydrogens is 284 g/mol. The van der Waals surface area contributed by atoms with Crippen LogP contribution >= 0.6 is 0 Å². The zero-order valence-electron chi connectivity index (χ0n) is 13.8. The second kappa shape index (κ2) is 9.14. The Labute approximate surface area is 139 Å². The molecule has 0 radical (unpaired) electrons. The smallest absolute Gasteiger partial charge is 0.303 e. The second-order valence-corrected chi connectivity index (χ2v) is 6.13. The van der Waals surface area contributed by atoms with Crippen LogP contribution in [0.2, 0.25) is 0 Å². The van der Waals surface area contributed by atoms with E-state index in [9.17, 15) is 4.79 Å². The van der Waals surface area contributed by atoms with Crippen molar-refractivity contribution < 1.29 is 9.90 Å². The normalized spacial score (nSPS) is 13.4. The van der Waals surface area contributed by atoms with Gasteiger partial charge in [-0.05, 0) is 48.6 Å². The van der Waals surface area contributed by atoms with Crippen LogP contribution in [0.4, 0.5) is 0 Å². The molecule has 0 aliphatic carbocycles. The van der Waals surface area contributed by atoms with E-state index in [1.165, 1.54) is 11.1 Å². The van der Waals surface area contributed by atoms with Crippen LogP contribution in [-0.4, -0.2) is 11.1 Å². The van der Waals surface area contributed by atoms with Crippen LogP contribution in [0.15, 0.2) is 60.7 Å². The van der Waals surface area contributed by atoms with Crippen molar-refractivity contribution in [2.45, 2.75) is 50.9 Å². The zero-order valence-corrected chi connectivity index (χ0v) is 13.8. The first-order valence-corrected chi connectivity index (χ1v) is 8.52. The lowest BCUT2D eigenvalue weighted by Gasteiger charge is -2.21. The first-order chi connectivity index (χ1) is 11.2. The summed E-state index contributed by atoms with van der Waals surface area (Å²) in [6.45, 7) is 2.23. The van der Waals surface area contributed by atoms with Crippen molar-refractivity contribution in [1.29, 1.82) is 0 Å². The van der Waals surface area contributed by atoms with Crippen LogP contribution in [0.1, 0.15) is 62.0 Å². The summed E-state index contributed by atoms with van der Waals surface area (Å²) in [7, 11) is 0. The number of carboxylic acid groups (broad SMARTS) is 1. The predicted octanol–water partition coefficient (Wildman–Crippen LogP) is 5.61. The highest BCUT2D eigenvalue weighted by molar-refractivity contribution is 5.66. The third kappa shape index (κ3) is 5.55. The number of rotatable bonds is 9. The molecule has 0 fully saturated rings. The van der Waals surface area contributed by atoms with E-state index in [-0.39, 0.29) is 6.42 Å². The number of benzene rings is 2. The Morgan fingerprint density at radius 3 is 1.78 bits per heavy atom. The Balaban J connectivity index is 2.03. The van der Waals surface area contributed by atoms with Gasteiger partial charge in [-0.3, -0.25) is 4.79 Å². The molecule has 1 N–H and O–H groups in total. The van der Waals surface area contributed by atoms with Crippen molar-refractivity contribution >= 4 is 5.97 Å². The van der Waals surface area contributed by atoms with Crippen molar-refractivity contribution in [2.75, 3.05) is 0 Å². The van der Waals surface area contributed by atoms with E-state index in [2.05, 4.69) is 49.4 Å². The number of hydrogen-bond acceptors (Lipinski definition) is 1. The monoisotopic (exact) mass is 310 g/mol. The van der Waals surface area contributed by atoms with Gasteiger partial charge in [0, 0.05) is 6.42 Å². The molecule has 2 aromatic carbocycles. The van der Waals surface area contributed by atoms with E-state index in [0.717, 1.165) is 19.3 Å². The van der Waals surface area contributed by atoms with Crippen LogP contribution in [0, 0.1) is 0 Å². The van der Waals surface area contributed by atoms with Gasteiger partial charge < -0.3 is 5.11 Å². The lowest BCUT2D eigenvalue weighted by molar-refractivity contribution is -0.137. The molecule has 0 heterocycles. The fourth-order valence-electron chi connectivity index (χ4n) is 3.23. The minimum Gasteiger partial charge on any atom is -0.481 e. The molecule has 2 atom stereocenters. The van der Waals surface area contributed by atoms with Gasteiger partial charge in [0.05, 0.1) is 0 Å². The summed E-state index contributed by atoms with van der Waals surface area (Å²) in [6, 6.07) is 21.0. The van der Waals surface area contributed by atoms with Gasteiger partial charge >= 0.3 is 5.97 Å².